The summed E-state index contributed by atoms with van der Waals surface area (Å²) in [6.07, 6.45) is 3.33. The van der Waals surface area contributed by atoms with Crippen LogP contribution in [0.4, 0.5) is 0 Å². The minimum atomic E-state index is 0.334. The van der Waals surface area contributed by atoms with Gasteiger partial charge in [-0.3, -0.25) is 4.90 Å². The van der Waals surface area contributed by atoms with E-state index in [1.165, 1.54) is 18.5 Å². The number of unbranched alkanes of at least 4 members (excludes halogenated alkanes) is 1. The predicted molar refractivity (Wildman–Crippen MR) is 66.3 cm³/mol. The number of rotatable bonds is 6. The number of aliphatic hydroxyl groups is 1. The van der Waals surface area contributed by atoms with Crippen LogP contribution in [0, 0.1) is 0 Å². The number of aliphatic hydroxyl groups excluding tert-OH is 1. The van der Waals surface area contributed by atoms with Gasteiger partial charge in [-0.15, -0.1) is 0 Å². The van der Waals surface area contributed by atoms with Crippen molar-refractivity contribution in [3.8, 4) is 0 Å². The van der Waals surface area contributed by atoms with Gasteiger partial charge in [0.05, 0.1) is 0 Å². The molecule has 1 N–H and O–H groups in total. The molecule has 1 aromatic carbocycles. The molecule has 2 rings (SSSR count). The largest absolute Gasteiger partial charge is 0.396 e. The van der Waals surface area contributed by atoms with Crippen LogP contribution in [-0.2, 0) is 0 Å². The van der Waals surface area contributed by atoms with Crippen LogP contribution in [0.1, 0.15) is 37.8 Å². The van der Waals surface area contributed by atoms with Gasteiger partial charge in [-0.2, -0.15) is 0 Å². The average molecular weight is 219 g/mol. The zero-order valence-corrected chi connectivity index (χ0v) is 9.97. The van der Waals surface area contributed by atoms with Crippen LogP contribution in [0.3, 0.4) is 0 Å². The Morgan fingerprint density at radius 3 is 2.75 bits per heavy atom. The monoisotopic (exact) mass is 219 g/mol. The summed E-state index contributed by atoms with van der Waals surface area (Å²) >= 11 is 0. The highest BCUT2D eigenvalue weighted by Crippen LogP contribution is 2.34. The predicted octanol–water partition coefficient (Wildman–Crippen LogP) is 2.59. The molecule has 16 heavy (non-hydrogen) atoms. The lowest BCUT2D eigenvalue weighted by atomic mass is 10.1. The van der Waals surface area contributed by atoms with Crippen LogP contribution in [0.2, 0.25) is 0 Å². The van der Waals surface area contributed by atoms with E-state index in [0.29, 0.717) is 12.6 Å². The van der Waals surface area contributed by atoms with Crippen molar-refractivity contribution in [2.75, 3.05) is 13.2 Å². The third-order valence-electron chi connectivity index (χ3n) is 3.48. The van der Waals surface area contributed by atoms with E-state index < -0.39 is 0 Å². The summed E-state index contributed by atoms with van der Waals surface area (Å²) in [6.45, 7) is 3.84. The van der Waals surface area contributed by atoms with Gasteiger partial charge < -0.3 is 5.11 Å². The first kappa shape index (κ1) is 11.6. The fraction of sp³-hybridized carbons (Fsp3) is 0.571. The van der Waals surface area contributed by atoms with Crippen molar-refractivity contribution in [3.05, 3.63) is 35.9 Å². The Labute approximate surface area is 97.9 Å². The molecule has 1 aromatic rings. The smallest absolute Gasteiger partial charge is 0.0431 e. The number of hydrogen-bond acceptors (Lipinski definition) is 2. The standard InChI is InChI=1S/C14H21NO/c1-12(13-7-3-2-4-8-13)15-11-14(15)9-5-6-10-16/h2-4,7-8,12,14,16H,5-6,9-11H2,1H3/t12-,14-,15?/m1/s1. The van der Waals surface area contributed by atoms with E-state index >= 15 is 0 Å². The van der Waals surface area contributed by atoms with Crippen molar-refractivity contribution < 1.29 is 5.11 Å². The first-order valence-electron chi connectivity index (χ1n) is 6.24. The molecule has 0 aromatic heterocycles. The molecule has 1 saturated heterocycles. The Bertz CT molecular complexity index is 312. The normalized spacial score (nSPS) is 25.4. The van der Waals surface area contributed by atoms with Crippen LogP contribution in [0.25, 0.3) is 0 Å². The molecule has 2 heteroatoms. The van der Waals surface area contributed by atoms with E-state index in [-0.39, 0.29) is 0 Å². The molecule has 0 aliphatic carbocycles. The Morgan fingerprint density at radius 1 is 1.31 bits per heavy atom. The topological polar surface area (TPSA) is 23.2 Å². The van der Waals surface area contributed by atoms with Crippen molar-refractivity contribution in [1.82, 2.24) is 4.90 Å². The SMILES string of the molecule is C[C@H](c1ccccc1)N1C[C@H]1CCCCO. The molecule has 1 fully saturated rings. The molecular formula is C14H21NO. The molecule has 1 unspecified atom stereocenters. The lowest BCUT2D eigenvalue weighted by Gasteiger charge is -2.14. The van der Waals surface area contributed by atoms with Gasteiger partial charge in [0.1, 0.15) is 0 Å². The third-order valence-corrected chi connectivity index (χ3v) is 3.48. The van der Waals surface area contributed by atoms with Crippen molar-refractivity contribution in [1.29, 1.82) is 0 Å². The second-order valence-corrected chi connectivity index (χ2v) is 4.66. The molecule has 0 saturated carbocycles. The summed E-state index contributed by atoms with van der Waals surface area (Å²) in [6, 6.07) is 12.0. The molecule has 1 aliphatic rings. The summed E-state index contributed by atoms with van der Waals surface area (Å²) < 4.78 is 0. The summed E-state index contributed by atoms with van der Waals surface area (Å²) in [4.78, 5) is 2.53. The van der Waals surface area contributed by atoms with Crippen molar-refractivity contribution in [2.45, 2.75) is 38.3 Å². The molecule has 0 spiro atoms. The van der Waals surface area contributed by atoms with Crippen LogP contribution >= 0.6 is 0 Å². The highest BCUT2D eigenvalue weighted by Gasteiger charge is 2.37. The second-order valence-electron chi connectivity index (χ2n) is 4.66. The minimum absolute atomic E-state index is 0.334. The summed E-state index contributed by atoms with van der Waals surface area (Å²) in [5.74, 6) is 0. The van der Waals surface area contributed by atoms with Gasteiger partial charge in [0.25, 0.3) is 0 Å². The van der Waals surface area contributed by atoms with Gasteiger partial charge >= 0.3 is 0 Å². The van der Waals surface area contributed by atoms with E-state index in [4.69, 9.17) is 5.11 Å². The zero-order chi connectivity index (χ0) is 11.4. The molecule has 3 atom stereocenters. The van der Waals surface area contributed by atoms with Crippen LogP contribution in [0.5, 0.6) is 0 Å². The maximum absolute atomic E-state index is 8.74. The number of nitrogens with zero attached hydrogens (tertiary/aromatic N) is 1. The van der Waals surface area contributed by atoms with Gasteiger partial charge in [0.2, 0.25) is 0 Å². The second kappa shape index (κ2) is 5.46. The fourth-order valence-corrected chi connectivity index (χ4v) is 2.34. The van der Waals surface area contributed by atoms with Gasteiger partial charge in [-0.05, 0) is 31.7 Å². The van der Waals surface area contributed by atoms with Crippen LogP contribution in [0.15, 0.2) is 30.3 Å². The van der Waals surface area contributed by atoms with Crippen LogP contribution < -0.4 is 0 Å². The van der Waals surface area contributed by atoms with E-state index in [2.05, 4.69) is 42.2 Å². The van der Waals surface area contributed by atoms with E-state index in [1.54, 1.807) is 0 Å². The molecule has 0 bridgehead atoms. The first-order chi connectivity index (χ1) is 7.83. The van der Waals surface area contributed by atoms with Crippen LogP contribution in [-0.4, -0.2) is 29.2 Å². The summed E-state index contributed by atoms with van der Waals surface area (Å²) in [7, 11) is 0. The molecule has 1 aliphatic heterocycles. The third kappa shape index (κ3) is 2.83. The van der Waals surface area contributed by atoms with Gasteiger partial charge in [0, 0.05) is 25.2 Å². The van der Waals surface area contributed by atoms with E-state index in [0.717, 1.165) is 18.9 Å². The lowest BCUT2D eigenvalue weighted by molar-refractivity contribution is 0.280. The Kier molecular flexibility index (Phi) is 3.97. The quantitative estimate of drug-likeness (QED) is 0.587. The van der Waals surface area contributed by atoms with Crippen molar-refractivity contribution in [2.24, 2.45) is 0 Å². The number of hydrogen-bond donors (Lipinski definition) is 1. The highest BCUT2D eigenvalue weighted by molar-refractivity contribution is 5.20. The zero-order valence-electron chi connectivity index (χ0n) is 9.97. The van der Waals surface area contributed by atoms with Gasteiger partial charge in [-0.1, -0.05) is 30.3 Å². The van der Waals surface area contributed by atoms with E-state index in [1.807, 2.05) is 0 Å². The molecule has 0 amide bonds. The Balaban J connectivity index is 1.78. The highest BCUT2D eigenvalue weighted by atomic mass is 16.2. The Morgan fingerprint density at radius 2 is 2.06 bits per heavy atom. The lowest BCUT2D eigenvalue weighted by Crippen LogP contribution is -2.08. The molecule has 88 valence electrons. The van der Waals surface area contributed by atoms with Crippen molar-refractivity contribution in [3.63, 3.8) is 0 Å². The minimum Gasteiger partial charge on any atom is -0.396 e. The maximum atomic E-state index is 8.74. The molecule has 1 heterocycles. The molecule has 0 radical (unpaired) electrons. The summed E-state index contributed by atoms with van der Waals surface area (Å²) in [5, 5.41) is 8.74. The van der Waals surface area contributed by atoms with Gasteiger partial charge in [0.15, 0.2) is 0 Å². The first-order valence-corrected chi connectivity index (χ1v) is 6.24. The maximum Gasteiger partial charge on any atom is 0.0431 e. The van der Waals surface area contributed by atoms with Crippen molar-refractivity contribution >= 4 is 0 Å². The Hall–Kier alpha value is -0.860. The fourth-order valence-electron chi connectivity index (χ4n) is 2.34. The van der Waals surface area contributed by atoms with Gasteiger partial charge in [-0.25, -0.2) is 0 Å². The van der Waals surface area contributed by atoms with E-state index in [9.17, 15) is 0 Å². The number of benzene rings is 1. The summed E-state index contributed by atoms with van der Waals surface area (Å²) in [5.41, 5.74) is 1.41. The molecular weight excluding hydrogens is 198 g/mol. The molecule has 2 nitrogen and oxygen atoms in total. The average Bonchev–Trinajstić information content (AvgIpc) is 3.09.